The van der Waals surface area contributed by atoms with Gasteiger partial charge in [-0.1, -0.05) is 12.1 Å². The number of halogens is 1. The summed E-state index contributed by atoms with van der Waals surface area (Å²) < 4.78 is 13.1. The van der Waals surface area contributed by atoms with Crippen LogP contribution in [0.1, 0.15) is 16.8 Å². The third-order valence-corrected chi connectivity index (χ3v) is 2.01. The molecule has 0 unspecified atom stereocenters. The summed E-state index contributed by atoms with van der Waals surface area (Å²) in [6, 6.07) is 5.96. The van der Waals surface area contributed by atoms with Gasteiger partial charge in [-0.3, -0.25) is 4.79 Å². The molecular formula is C11H15FN2O. The maximum atomic E-state index is 13.1. The Balaban J connectivity index is 2.44. The fraction of sp³-hybridized carbons (Fsp3) is 0.364. The van der Waals surface area contributed by atoms with Gasteiger partial charge in [-0.05, 0) is 32.1 Å². The average Bonchev–Trinajstić information content (AvgIpc) is 2.25. The van der Waals surface area contributed by atoms with Crippen LogP contribution in [0.3, 0.4) is 0 Å². The fourth-order valence-electron chi connectivity index (χ4n) is 1.21. The maximum absolute atomic E-state index is 13.1. The Labute approximate surface area is 88.7 Å². The molecule has 1 rings (SSSR count). The smallest absolute Gasteiger partial charge is 0.254 e. The van der Waals surface area contributed by atoms with Crippen molar-refractivity contribution in [3.63, 3.8) is 0 Å². The quantitative estimate of drug-likeness (QED) is 0.716. The summed E-state index contributed by atoms with van der Waals surface area (Å²) in [6.07, 6.45) is 0.830. The molecule has 2 N–H and O–H groups in total. The molecule has 0 saturated heterocycles. The molecule has 0 bridgehead atoms. The third-order valence-electron chi connectivity index (χ3n) is 2.01. The van der Waals surface area contributed by atoms with E-state index in [0.717, 1.165) is 13.0 Å². The Hall–Kier alpha value is -1.42. The van der Waals surface area contributed by atoms with E-state index in [4.69, 9.17) is 0 Å². The van der Waals surface area contributed by atoms with Crippen molar-refractivity contribution >= 4 is 5.91 Å². The Morgan fingerprint density at radius 1 is 1.33 bits per heavy atom. The zero-order chi connectivity index (χ0) is 11.1. The van der Waals surface area contributed by atoms with Gasteiger partial charge < -0.3 is 10.6 Å². The molecule has 0 spiro atoms. The number of hydrogen-bond acceptors (Lipinski definition) is 2. The number of amides is 1. The van der Waals surface area contributed by atoms with Crippen molar-refractivity contribution in [2.75, 3.05) is 20.1 Å². The largest absolute Gasteiger partial charge is 0.352 e. The van der Waals surface area contributed by atoms with E-state index in [1.165, 1.54) is 12.1 Å². The first-order valence-corrected chi connectivity index (χ1v) is 4.93. The zero-order valence-corrected chi connectivity index (χ0v) is 8.72. The van der Waals surface area contributed by atoms with Crippen LogP contribution >= 0.6 is 0 Å². The second-order valence-corrected chi connectivity index (χ2v) is 3.19. The first kappa shape index (κ1) is 11.7. The van der Waals surface area contributed by atoms with Gasteiger partial charge in [0, 0.05) is 6.54 Å². The van der Waals surface area contributed by atoms with Gasteiger partial charge in [0.15, 0.2) is 0 Å². The van der Waals surface area contributed by atoms with Gasteiger partial charge in [0.1, 0.15) is 5.82 Å². The van der Waals surface area contributed by atoms with E-state index < -0.39 is 5.82 Å². The van der Waals surface area contributed by atoms with Crippen LogP contribution in [0.5, 0.6) is 0 Å². The molecule has 15 heavy (non-hydrogen) atoms. The standard InChI is InChI=1S/C11H15FN2O/c1-13-7-4-8-14-11(15)9-5-2-3-6-10(9)12/h2-3,5-6,13H,4,7-8H2,1H3,(H,14,15). The van der Waals surface area contributed by atoms with E-state index in [1.807, 2.05) is 7.05 Å². The molecule has 0 heterocycles. The van der Waals surface area contributed by atoms with Gasteiger partial charge in [-0.25, -0.2) is 4.39 Å². The van der Waals surface area contributed by atoms with Crippen molar-refractivity contribution in [3.8, 4) is 0 Å². The van der Waals surface area contributed by atoms with Crippen LogP contribution in [-0.4, -0.2) is 26.0 Å². The number of carbonyl (C=O) groups excluding carboxylic acids is 1. The number of carbonyl (C=O) groups is 1. The normalized spacial score (nSPS) is 10.0. The first-order valence-electron chi connectivity index (χ1n) is 4.93. The molecule has 82 valence electrons. The highest BCUT2D eigenvalue weighted by Crippen LogP contribution is 2.05. The van der Waals surface area contributed by atoms with Crippen molar-refractivity contribution in [2.45, 2.75) is 6.42 Å². The highest BCUT2D eigenvalue weighted by atomic mass is 19.1. The molecule has 1 aromatic carbocycles. The third kappa shape index (κ3) is 3.67. The Bertz CT molecular complexity index is 328. The van der Waals surface area contributed by atoms with E-state index in [2.05, 4.69) is 10.6 Å². The van der Waals surface area contributed by atoms with E-state index in [1.54, 1.807) is 12.1 Å². The van der Waals surface area contributed by atoms with Crippen molar-refractivity contribution in [3.05, 3.63) is 35.6 Å². The Morgan fingerprint density at radius 3 is 2.73 bits per heavy atom. The van der Waals surface area contributed by atoms with Crippen LogP contribution in [0.25, 0.3) is 0 Å². The number of hydrogen-bond donors (Lipinski definition) is 2. The number of benzene rings is 1. The fourth-order valence-corrected chi connectivity index (χ4v) is 1.21. The van der Waals surface area contributed by atoms with Gasteiger partial charge in [-0.2, -0.15) is 0 Å². The van der Waals surface area contributed by atoms with Crippen LogP contribution in [-0.2, 0) is 0 Å². The Morgan fingerprint density at radius 2 is 2.07 bits per heavy atom. The van der Waals surface area contributed by atoms with Gasteiger partial charge >= 0.3 is 0 Å². The van der Waals surface area contributed by atoms with E-state index in [9.17, 15) is 9.18 Å². The van der Waals surface area contributed by atoms with Gasteiger partial charge in [0.05, 0.1) is 5.56 Å². The predicted molar refractivity (Wildman–Crippen MR) is 57.3 cm³/mol. The van der Waals surface area contributed by atoms with Crippen LogP contribution in [0.4, 0.5) is 4.39 Å². The molecule has 0 saturated carbocycles. The lowest BCUT2D eigenvalue weighted by atomic mass is 10.2. The lowest BCUT2D eigenvalue weighted by Crippen LogP contribution is -2.27. The molecule has 1 aromatic rings. The molecule has 0 fully saturated rings. The molecule has 0 atom stereocenters. The lowest BCUT2D eigenvalue weighted by molar-refractivity contribution is 0.0949. The van der Waals surface area contributed by atoms with E-state index in [-0.39, 0.29) is 11.5 Å². The topological polar surface area (TPSA) is 41.1 Å². The molecule has 0 aliphatic carbocycles. The summed E-state index contributed by atoms with van der Waals surface area (Å²) in [7, 11) is 1.85. The van der Waals surface area contributed by atoms with Crippen molar-refractivity contribution in [1.29, 1.82) is 0 Å². The van der Waals surface area contributed by atoms with Gasteiger partial charge in [0.25, 0.3) is 5.91 Å². The van der Waals surface area contributed by atoms with E-state index in [0.29, 0.717) is 6.54 Å². The minimum absolute atomic E-state index is 0.0990. The first-order chi connectivity index (χ1) is 7.25. The van der Waals surface area contributed by atoms with Gasteiger partial charge in [-0.15, -0.1) is 0 Å². The second-order valence-electron chi connectivity index (χ2n) is 3.19. The molecule has 3 nitrogen and oxygen atoms in total. The number of rotatable bonds is 5. The highest BCUT2D eigenvalue weighted by molar-refractivity contribution is 5.94. The van der Waals surface area contributed by atoms with Crippen molar-refractivity contribution in [1.82, 2.24) is 10.6 Å². The summed E-state index contributed by atoms with van der Waals surface area (Å²) in [5, 5.41) is 5.62. The van der Waals surface area contributed by atoms with Crippen LogP contribution in [0.2, 0.25) is 0 Å². The molecular weight excluding hydrogens is 195 g/mol. The average molecular weight is 210 g/mol. The number of nitrogens with one attached hydrogen (secondary N) is 2. The summed E-state index contributed by atoms with van der Waals surface area (Å²) >= 11 is 0. The summed E-state index contributed by atoms with van der Waals surface area (Å²) in [6.45, 7) is 1.38. The SMILES string of the molecule is CNCCCNC(=O)c1ccccc1F. The van der Waals surface area contributed by atoms with Crippen molar-refractivity contribution < 1.29 is 9.18 Å². The minimum atomic E-state index is -0.483. The summed E-state index contributed by atoms with van der Waals surface area (Å²) in [4.78, 5) is 11.5. The summed E-state index contributed by atoms with van der Waals surface area (Å²) in [5.74, 6) is -0.840. The lowest BCUT2D eigenvalue weighted by Gasteiger charge is -2.05. The van der Waals surface area contributed by atoms with Crippen LogP contribution < -0.4 is 10.6 Å². The molecule has 0 radical (unpaired) electrons. The van der Waals surface area contributed by atoms with Crippen molar-refractivity contribution in [2.24, 2.45) is 0 Å². The van der Waals surface area contributed by atoms with Crippen LogP contribution in [0, 0.1) is 5.82 Å². The molecule has 1 amide bonds. The maximum Gasteiger partial charge on any atom is 0.254 e. The van der Waals surface area contributed by atoms with Gasteiger partial charge in [0.2, 0.25) is 0 Å². The molecule has 0 aliphatic rings. The second kappa shape index (κ2) is 6.14. The van der Waals surface area contributed by atoms with E-state index >= 15 is 0 Å². The predicted octanol–water partition coefficient (Wildman–Crippen LogP) is 1.16. The monoisotopic (exact) mass is 210 g/mol. The zero-order valence-electron chi connectivity index (χ0n) is 8.72. The molecule has 4 heteroatoms. The molecule has 0 aromatic heterocycles. The van der Waals surface area contributed by atoms with Crippen LogP contribution in [0.15, 0.2) is 24.3 Å². The summed E-state index contributed by atoms with van der Waals surface area (Å²) in [5.41, 5.74) is 0.0990. The minimum Gasteiger partial charge on any atom is -0.352 e. The molecule has 0 aliphatic heterocycles. The highest BCUT2D eigenvalue weighted by Gasteiger charge is 2.08. The Kier molecular flexibility index (Phi) is 4.77.